The highest BCUT2D eigenvalue weighted by Gasteiger charge is 2.25. The van der Waals surface area contributed by atoms with Gasteiger partial charge < -0.3 is 10.0 Å². The number of rotatable bonds is 4. The van der Waals surface area contributed by atoms with Crippen LogP contribution < -0.4 is 0 Å². The molecule has 0 saturated carbocycles. The lowest BCUT2D eigenvalue weighted by atomic mass is 9.92. The number of aliphatic carboxylic acids is 1. The van der Waals surface area contributed by atoms with Crippen LogP contribution in [0.25, 0.3) is 0 Å². The van der Waals surface area contributed by atoms with E-state index < -0.39 is 5.97 Å². The molecule has 0 unspecified atom stereocenters. The van der Waals surface area contributed by atoms with Crippen LogP contribution in [0, 0.1) is 12.8 Å². The van der Waals surface area contributed by atoms with Gasteiger partial charge in [-0.05, 0) is 32.1 Å². The van der Waals surface area contributed by atoms with E-state index in [1.54, 1.807) is 5.38 Å². The van der Waals surface area contributed by atoms with Gasteiger partial charge in [-0.2, -0.15) is 0 Å². The van der Waals surface area contributed by atoms with Gasteiger partial charge in [0.1, 0.15) is 5.69 Å². The fourth-order valence-electron chi connectivity index (χ4n) is 2.38. The van der Waals surface area contributed by atoms with Crippen LogP contribution in [-0.4, -0.2) is 40.0 Å². The third-order valence-electron chi connectivity index (χ3n) is 3.51. The van der Waals surface area contributed by atoms with Crippen molar-refractivity contribution in [3.63, 3.8) is 0 Å². The summed E-state index contributed by atoms with van der Waals surface area (Å²) in [6.45, 7) is 3.30. The van der Waals surface area contributed by atoms with Crippen molar-refractivity contribution in [2.75, 3.05) is 13.1 Å². The lowest BCUT2D eigenvalue weighted by molar-refractivity contribution is -0.137. The average Bonchev–Trinajstić information content (AvgIpc) is 2.83. The number of piperidine rings is 1. The molecular formula is C13H18N2O3S. The van der Waals surface area contributed by atoms with Crippen molar-refractivity contribution in [1.29, 1.82) is 0 Å². The van der Waals surface area contributed by atoms with Crippen LogP contribution in [0.4, 0.5) is 0 Å². The van der Waals surface area contributed by atoms with E-state index in [2.05, 4.69) is 4.98 Å². The fourth-order valence-corrected chi connectivity index (χ4v) is 2.96. The van der Waals surface area contributed by atoms with Gasteiger partial charge in [0.05, 0.1) is 5.01 Å². The van der Waals surface area contributed by atoms with E-state index in [1.807, 2.05) is 11.8 Å². The van der Waals surface area contributed by atoms with Crippen LogP contribution in [-0.2, 0) is 4.79 Å². The minimum Gasteiger partial charge on any atom is -0.481 e. The zero-order valence-corrected chi connectivity index (χ0v) is 11.8. The Hall–Kier alpha value is -1.43. The summed E-state index contributed by atoms with van der Waals surface area (Å²) in [5.74, 6) is -0.310. The number of carbonyl (C=O) groups excluding carboxylic acids is 1. The predicted molar refractivity (Wildman–Crippen MR) is 72.3 cm³/mol. The second-order valence-electron chi connectivity index (χ2n) is 4.92. The first-order valence-corrected chi connectivity index (χ1v) is 7.37. The van der Waals surface area contributed by atoms with Crippen LogP contribution in [0.2, 0.25) is 0 Å². The van der Waals surface area contributed by atoms with Crippen LogP contribution >= 0.6 is 11.3 Å². The first kappa shape index (κ1) is 14.0. The van der Waals surface area contributed by atoms with E-state index in [0.29, 0.717) is 31.1 Å². The molecule has 0 bridgehead atoms. The third-order valence-corrected chi connectivity index (χ3v) is 4.28. The van der Waals surface area contributed by atoms with Gasteiger partial charge in [0.2, 0.25) is 0 Å². The number of likely N-dealkylation sites (tertiary alicyclic amines) is 1. The molecule has 0 spiro atoms. The first-order valence-electron chi connectivity index (χ1n) is 6.49. The average molecular weight is 282 g/mol. The number of carbonyl (C=O) groups is 2. The van der Waals surface area contributed by atoms with Gasteiger partial charge in [0, 0.05) is 24.9 Å². The van der Waals surface area contributed by atoms with Gasteiger partial charge in [-0.3, -0.25) is 9.59 Å². The maximum Gasteiger partial charge on any atom is 0.303 e. The summed E-state index contributed by atoms with van der Waals surface area (Å²) in [4.78, 5) is 28.7. The van der Waals surface area contributed by atoms with Gasteiger partial charge in [-0.25, -0.2) is 4.98 Å². The summed E-state index contributed by atoms with van der Waals surface area (Å²) < 4.78 is 0. The smallest absolute Gasteiger partial charge is 0.303 e. The molecule has 1 fully saturated rings. The van der Waals surface area contributed by atoms with Crippen molar-refractivity contribution in [2.24, 2.45) is 5.92 Å². The summed E-state index contributed by atoms with van der Waals surface area (Å²) in [5.41, 5.74) is 0.534. The van der Waals surface area contributed by atoms with Crippen molar-refractivity contribution >= 4 is 23.2 Å². The summed E-state index contributed by atoms with van der Waals surface area (Å²) in [5, 5.41) is 11.4. The molecular weight excluding hydrogens is 264 g/mol. The molecule has 1 aliphatic rings. The number of amides is 1. The molecule has 0 aliphatic carbocycles. The number of hydrogen-bond donors (Lipinski definition) is 1. The number of nitrogens with zero attached hydrogens (tertiary/aromatic N) is 2. The quantitative estimate of drug-likeness (QED) is 0.918. The first-order chi connectivity index (χ1) is 9.06. The van der Waals surface area contributed by atoms with Gasteiger partial charge >= 0.3 is 5.97 Å². The van der Waals surface area contributed by atoms with Crippen LogP contribution in [0.3, 0.4) is 0 Å². The lowest BCUT2D eigenvalue weighted by Crippen LogP contribution is -2.38. The molecule has 1 amide bonds. The summed E-state index contributed by atoms with van der Waals surface area (Å²) >= 11 is 1.48. The second kappa shape index (κ2) is 6.14. The fraction of sp³-hybridized carbons (Fsp3) is 0.615. The summed E-state index contributed by atoms with van der Waals surface area (Å²) in [7, 11) is 0. The Kier molecular flexibility index (Phi) is 4.52. The number of aryl methyl sites for hydroxylation is 1. The van der Waals surface area contributed by atoms with Crippen molar-refractivity contribution in [3.8, 4) is 0 Å². The zero-order valence-electron chi connectivity index (χ0n) is 11.0. The van der Waals surface area contributed by atoms with E-state index in [1.165, 1.54) is 11.3 Å². The van der Waals surface area contributed by atoms with E-state index in [9.17, 15) is 9.59 Å². The summed E-state index contributed by atoms with van der Waals surface area (Å²) in [6.07, 6.45) is 2.72. The number of carboxylic acids is 1. The van der Waals surface area contributed by atoms with Crippen molar-refractivity contribution in [3.05, 3.63) is 16.1 Å². The molecule has 0 atom stereocenters. The highest BCUT2D eigenvalue weighted by atomic mass is 32.1. The van der Waals surface area contributed by atoms with Crippen LogP contribution in [0.15, 0.2) is 5.38 Å². The molecule has 1 aromatic rings. The number of hydrogen-bond acceptors (Lipinski definition) is 4. The van der Waals surface area contributed by atoms with Gasteiger partial charge in [0.15, 0.2) is 0 Å². The highest BCUT2D eigenvalue weighted by Crippen LogP contribution is 2.23. The molecule has 6 heteroatoms. The number of carboxylic acid groups (broad SMARTS) is 1. The molecule has 104 valence electrons. The topological polar surface area (TPSA) is 70.5 Å². The minimum absolute atomic E-state index is 0.000958. The SMILES string of the molecule is Cc1nc(C(=O)N2CCC(CCC(=O)O)CC2)cs1. The second-order valence-corrected chi connectivity index (χ2v) is 5.98. The van der Waals surface area contributed by atoms with Crippen molar-refractivity contribution in [1.82, 2.24) is 9.88 Å². The molecule has 1 aromatic heterocycles. The molecule has 0 aromatic carbocycles. The monoisotopic (exact) mass is 282 g/mol. The Morgan fingerprint density at radius 1 is 1.47 bits per heavy atom. The number of aromatic nitrogens is 1. The van der Waals surface area contributed by atoms with E-state index in [4.69, 9.17) is 5.11 Å². The molecule has 1 aliphatic heterocycles. The summed E-state index contributed by atoms with van der Waals surface area (Å²) in [6, 6.07) is 0. The highest BCUT2D eigenvalue weighted by molar-refractivity contribution is 7.09. The van der Waals surface area contributed by atoms with Crippen molar-refractivity contribution in [2.45, 2.75) is 32.6 Å². The van der Waals surface area contributed by atoms with E-state index in [-0.39, 0.29) is 12.3 Å². The normalized spacial score (nSPS) is 16.6. The Balaban J connectivity index is 1.83. The van der Waals surface area contributed by atoms with Crippen LogP contribution in [0.1, 0.15) is 41.2 Å². The van der Waals surface area contributed by atoms with Crippen LogP contribution in [0.5, 0.6) is 0 Å². The Morgan fingerprint density at radius 2 is 2.16 bits per heavy atom. The molecule has 1 N–H and O–H groups in total. The Labute approximate surface area is 116 Å². The number of thiazole rings is 1. The molecule has 0 radical (unpaired) electrons. The molecule has 1 saturated heterocycles. The molecule has 19 heavy (non-hydrogen) atoms. The maximum atomic E-state index is 12.2. The molecule has 2 rings (SSSR count). The van der Waals surface area contributed by atoms with Gasteiger partial charge in [-0.15, -0.1) is 11.3 Å². The minimum atomic E-state index is -0.739. The predicted octanol–water partition coefficient (Wildman–Crippen LogP) is 2.17. The Bertz CT molecular complexity index is 464. The molecule has 2 heterocycles. The van der Waals surface area contributed by atoms with Gasteiger partial charge in [-0.1, -0.05) is 0 Å². The largest absolute Gasteiger partial charge is 0.481 e. The van der Waals surface area contributed by atoms with E-state index in [0.717, 1.165) is 17.8 Å². The maximum absolute atomic E-state index is 12.2. The lowest BCUT2D eigenvalue weighted by Gasteiger charge is -2.31. The zero-order chi connectivity index (χ0) is 13.8. The third kappa shape index (κ3) is 3.76. The molecule has 5 nitrogen and oxygen atoms in total. The van der Waals surface area contributed by atoms with Crippen molar-refractivity contribution < 1.29 is 14.7 Å². The standard InChI is InChI=1S/C13H18N2O3S/c1-9-14-11(8-19-9)13(18)15-6-4-10(5-7-15)2-3-12(16)17/h8,10H,2-7H2,1H3,(H,16,17). The Morgan fingerprint density at radius 3 is 2.68 bits per heavy atom. The van der Waals surface area contributed by atoms with Gasteiger partial charge in [0.25, 0.3) is 5.91 Å². The van der Waals surface area contributed by atoms with E-state index >= 15 is 0 Å².